The van der Waals surface area contributed by atoms with Crippen LogP contribution in [0.1, 0.15) is 41.8 Å². The predicted molar refractivity (Wildman–Crippen MR) is 65.8 cm³/mol. The van der Waals surface area contributed by atoms with Crippen molar-refractivity contribution in [3.8, 4) is 0 Å². The molecule has 0 saturated heterocycles. The van der Waals surface area contributed by atoms with Crippen LogP contribution in [0.5, 0.6) is 0 Å². The number of furan rings is 1. The normalized spacial score (nSPS) is 24.8. The standard InChI is InChI=1S/C12H14N2O2S/c1-6-4-7(6)8-2-3-9(16-8)11(15)10-5-14-12(13)17-10/h2-3,5-7,11,15H,4H2,1H3,(H2,13,14). The molecule has 0 bridgehead atoms. The van der Waals surface area contributed by atoms with Crippen molar-refractivity contribution in [3.63, 3.8) is 0 Å². The summed E-state index contributed by atoms with van der Waals surface area (Å²) in [6.45, 7) is 2.20. The van der Waals surface area contributed by atoms with Crippen molar-refractivity contribution in [2.45, 2.75) is 25.4 Å². The first kappa shape index (κ1) is 10.8. The highest BCUT2D eigenvalue weighted by Crippen LogP contribution is 2.47. The molecule has 0 amide bonds. The molecule has 1 fully saturated rings. The van der Waals surface area contributed by atoms with Crippen molar-refractivity contribution < 1.29 is 9.52 Å². The van der Waals surface area contributed by atoms with Gasteiger partial charge in [-0.3, -0.25) is 0 Å². The van der Waals surface area contributed by atoms with E-state index in [1.165, 1.54) is 17.8 Å². The average molecular weight is 250 g/mol. The summed E-state index contributed by atoms with van der Waals surface area (Å²) in [6.07, 6.45) is 2.01. The number of nitrogen functional groups attached to an aromatic ring is 1. The Hall–Kier alpha value is -1.33. The fraction of sp³-hybridized carbons (Fsp3) is 0.417. The van der Waals surface area contributed by atoms with Crippen LogP contribution in [-0.2, 0) is 0 Å². The summed E-state index contributed by atoms with van der Waals surface area (Å²) in [6, 6.07) is 3.79. The lowest BCUT2D eigenvalue weighted by molar-refractivity contribution is 0.190. The first-order valence-electron chi connectivity index (χ1n) is 5.64. The van der Waals surface area contributed by atoms with Gasteiger partial charge in [-0.25, -0.2) is 4.98 Å². The van der Waals surface area contributed by atoms with Crippen LogP contribution in [0.2, 0.25) is 0 Å². The highest BCUT2D eigenvalue weighted by atomic mass is 32.1. The van der Waals surface area contributed by atoms with E-state index < -0.39 is 6.10 Å². The molecule has 2 heterocycles. The third-order valence-corrected chi connectivity index (χ3v) is 4.08. The number of nitrogens with zero attached hydrogens (tertiary/aromatic N) is 1. The number of aromatic nitrogens is 1. The van der Waals surface area contributed by atoms with Gasteiger partial charge < -0.3 is 15.3 Å². The highest BCUT2D eigenvalue weighted by molar-refractivity contribution is 7.15. The SMILES string of the molecule is CC1CC1c1ccc(C(O)c2cnc(N)s2)o1. The number of nitrogens with two attached hydrogens (primary N) is 1. The molecule has 1 aliphatic rings. The molecule has 2 aromatic heterocycles. The van der Waals surface area contributed by atoms with Crippen LogP contribution in [0, 0.1) is 5.92 Å². The molecule has 0 aromatic carbocycles. The Balaban J connectivity index is 1.81. The number of hydrogen-bond donors (Lipinski definition) is 2. The topological polar surface area (TPSA) is 72.3 Å². The van der Waals surface area contributed by atoms with Gasteiger partial charge in [0, 0.05) is 12.1 Å². The number of thiazole rings is 1. The maximum Gasteiger partial charge on any atom is 0.180 e. The maximum atomic E-state index is 10.1. The summed E-state index contributed by atoms with van der Waals surface area (Å²) in [5.41, 5.74) is 5.54. The smallest absolute Gasteiger partial charge is 0.180 e. The van der Waals surface area contributed by atoms with Crippen molar-refractivity contribution >= 4 is 16.5 Å². The van der Waals surface area contributed by atoms with Crippen molar-refractivity contribution in [2.24, 2.45) is 5.92 Å². The maximum absolute atomic E-state index is 10.1. The Morgan fingerprint density at radius 1 is 1.59 bits per heavy atom. The van der Waals surface area contributed by atoms with E-state index in [0.29, 0.717) is 27.6 Å². The van der Waals surface area contributed by atoms with Crippen LogP contribution in [0.4, 0.5) is 5.13 Å². The molecule has 5 heteroatoms. The lowest BCUT2D eigenvalue weighted by Crippen LogP contribution is -1.94. The minimum absolute atomic E-state index is 0.460. The summed E-state index contributed by atoms with van der Waals surface area (Å²) in [5, 5.41) is 10.6. The molecule has 3 N–H and O–H groups in total. The van der Waals surface area contributed by atoms with Gasteiger partial charge in [-0.05, 0) is 24.5 Å². The highest BCUT2D eigenvalue weighted by Gasteiger charge is 2.37. The van der Waals surface area contributed by atoms with Crippen LogP contribution in [0.3, 0.4) is 0 Å². The van der Waals surface area contributed by atoms with Gasteiger partial charge in [0.2, 0.25) is 0 Å². The van der Waals surface area contributed by atoms with E-state index in [2.05, 4.69) is 11.9 Å². The van der Waals surface area contributed by atoms with E-state index in [0.717, 1.165) is 5.76 Å². The molecule has 2 aromatic rings. The molecule has 1 saturated carbocycles. The van der Waals surface area contributed by atoms with E-state index in [4.69, 9.17) is 10.2 Å². The zero-order valence-electron chi connectivity index (χ0n) is 9.46. The summed E-state index contributed by atoms with van der Waals surface area (Å²) < 4.78 is 5.69. The third-order valence-electron chi connectivity index (χ3n) is 3.20. The Bertz CT molecular complexity index is 534. The van der Waals surface area contributed by atoms with Crippen molar-refractivity contribution in [2.75, 3.05) is 5.73 Å². The number of anilines is 1. The zero-order chi connectivity index (χ0) is 12.0. The van der Waals surface area contributed by atoms with Gasteiger partial charge in [-0.2, -0.15) is 0 Å². The van der Waals surface area contributed by atoms with Crippen LogP contribution in [-0.4, -0.2) is 10.1 Å². The van der Waals surface area contributed by atoms with Crippen molar-refractivity contribution in [3.05, 3.63) is 34.7 Å². The fourth-order valence-electron chi connectivity index (χ4n) is 2.00. The van der Waals surface area contributed by atoms with Crippen LogP contribution in [0.25, 0.3) is 0 Å². The third kappa shape index (κ3) is 1.96. The fourth-order valence-corrected chi connectivity index (χ4v) is 2.68. The van der Waals surface area contributed by atoms with Gasteiger partial charge >= 0.3 is 0 Å². The molecule has 3 unspecified atom stereocenters. The number of rotatable bonds is 3. The minimum Gasteiger partial charge on any atom is -0.463 e. The second-order valence-corrected chi connectivity index (χ2v) is 5.66. The van der Waals surface area contributed by atoms with E-state index in [9.17, 15) is 5.11 Å². The molecule has 0 radical (unpaired) electrons. The summed E-state index contributed by atoms with van der Waals surface area (Å²) in [4.78, 5) is 4.64. The second-order valence-electron chi connectivity index (χ2n) is 4.56. The predicted octanol–water partition coefficient (Wildman–Crippen LogP) is 2.52. The quantitative estimate of drug-likeness (QED) is 0.878. The largest absolute Gasteiger partial charge is 0.463 e. The van der Waals surface area contributed by atoms with E-state index >= 15 is 0 Å². The van der Waals surface area contributed by atoms with E-state index in [1.54, 1.807) is 6.20 Å². The minimum atomic E-state index is -0.757. The monoisotopic (exact) mass is 250 g/mol. The van der Waals surface area contributed by atoms with Crippen molar-refractivity contribution in [1.82, 2.24) is 4.98 Å². The molecule has 1 aliphatic carbocycles. The first-order valence-corrected chi connectivity index (χ1v) is 6.45. The molecule has 17 heavy (non-hydrogen) atoms. The lowest BCUT2D eigenvalue weighted by atomic mass is 10.2. The molecule has 3 atom stereocenters. The molecular weight excluding hydrogens is 236 g/mol. The summed E-state index contributed by atoms with van der Waals surface area (Å²) in [5.74, 6) is 2.78. The molecule has 90 valence electrons. The van der Waals surface area contributed by atoms with Gasteiger partial charge in [0.15, 0.2) is 5.13 Å². The number of hydrogen-bond acceptors (Lipinski definition) is 5. The van der Waals surface area contributed by atoms with E-state index in [-0.39, 0.29) is 0 Å². The van der Waals surface area contributed by atoms with Gasteiger partial charge in [-0.15, -0.1) is 0 Å². The lowest BCUT2D eigenvalue weighted by Gasteiger charge is -2.03. The van der Waals surface area contributed by atoms with Crippen LogP contribution >= 0.6 is 11.3 Å². The molecular formula is C12H14N2O2S. The Morgan fingerprint density at radius 3 is 2.94 bits per heavy atom. The Kier molecular flexibility index (Phi) is 2.45. The van der Waals surface area contributed by atoms with Crippen molar-refractivity contribution in [1.29, 1.82) is 0 Å². The van der Waals surface area contributed by atoms with Gasteiger partial charge in [0.05, 0.1) is 4.88 Å². The molecule has 0 aliphatic heterocycles. The summed E-state index contributed by atoms with van der Waals surface area (Å²) >= 11 is 1.28. The molecule has 0 spiro atoms. The Morgan fingerprint density at radius 2 is 2.35 bits per heavy atom. The molecule has 3 rings (SSSR count). The first-order chi connectivity index (χ1) is 8.15. The van der Waals surface area contributed by atoms with Gasteiger partial charge in [-0.1, -0.05) is 18.3 Å². The van der Waals surface area contributed by atoms with E-state index in [1.807, 2.05) is 12.1 Å². The van der Waals surface area contributed by atoms with Gasteiger partial charge in [0.1, 0.15) is 17.6 Å². The van der Waals surface area contributed by atoms with Crippen LogP contribution < -0.4 is 5.73 Å². The Labute approximate surface area is 103 Å². The number of aliphatic hydroxyl groups is 1. The van der Waals surface area contributed by atoms with Crippen LogP contribution in [0.15, 0.2) is 22.7 Å². The second kappa shape index (κ2) is 3.85. The van der Waals surface area contributed by atoms with Gasteiger partial charge in [0.25, 0.3) is 0 Å². The zero-order valence-corrected chi connectivity index (χ0v) is 10.3. The molecule has 4 nitrogen and oxygen atoms in total. The summed E-state index contributed by atoms with van der Waals surface area (Å²) in [7, 11) is 0. The average Bonchev–Trinajstić information content (AvgIpc) is 2.75. The number of aliphatic hydroxyl groups excluding tert-OH is 1.